The SMILES string of the molecule is C=CCC(N)C(=O)NC1CCCS(=O)(=O)C1. The minimum Gasteiger partial charge on any atom is -0.351 e. The average molecular weight is 246 g/mol. The van der Waals surface area contributed by atoms with Crippen molar-refractivity contribution in [2.45, 2.75) is 31.3 Å². The third-order valence-corrected chi connectivity index (χ3v) is 4.39. The van der Waals surface area contributed by atoms with Crippen molar-refractivity contribution in [3.63, 3.8) is 0 Å². The number of nitrogens with one attached hydrogen (secondary N) is 1. The van der Waals surface area contributed by atoms with E-state index < -0.39 is 15.9 Å². The number of rotatable bonds is 4. The highest BCUT2D eigenvalue weighted by atomic mass is 32.2. The van der Waals surface area contributed by atoms with E-state index in [1.165, 1.54) is 0 Å². The molecule has 92 valence electrons. The van der Waals surface area contributed by atoms with Crippen molar-refractivity contribution in [3.05, 3.63) is 12.7 Å². The molecule has 0 aromatic carbocycles. The summed E-state index contributed by atoms with van der Waals surface area (Å²) in [6.45, 7) is 3.50. The molecule has 1 aliphatic heterocycles. The van der Waals surface area contributed by atoms with Crippen LogP contribution in [0.15, 0.2) is 12.7 Å². The highest BCUT2D eigenvalue weighted by Crippen LogP contribution is 2.12. The van der Waals surface area contributed by atoms with E-state index >= 15 is 0 Å². The molecule has 6 heteroatoms. The molecule has 0 aromatic heterocycles. The predicted molar refractivity (Wildman–Crippen MR) is 62.6 cm³/mol. The zero-order valence-electron chi connectivity index (χ0n) is 9.19. The van der Waals surface area contributed by atoms with E-state index in [0.717, 1.165) is 0 Å². The van der Waals surface area contributed by atoms with E-state index in [1.54, 1.807) is 6.08 Å². The first-order chi connectivity index (χ1) is 7.44. The normalized spacial score (nSPS) is 25.7. The molecule has 16 heavy (non-hydrogen) atoms. The number of carbonyl (C=O) groups is 1. The Morgan fingerprint density at radius 1 is 1.62 bits per heavy atom. The van der Waals surface area contributed by atoms with Crippen molar-refractivity contribution < 1.29 is 13.2 Å². The highest BCUT2D eigenvalue weighted by molar-refractivity contribution is 7.91. The summed E-state index contributed by atoms with van der Waals surface area (Å²) in [6.07, 6.45) is 3.27. The number of sulfone groups is 1. The highest BCUT2D eigenvalue weighted by Gasteiger charge is 2.26. The van der Waals surface area contributed by atoms with Gasteiger partial charge < -0.3 is 11.1 Å². The Labute approximate surface area is 96.0 Å². The Morgan fingerprint density at radius 2 is 2.31 bits per heavy atom. The topological polar surface area (TPSA) is 89.3 Å². The summed E-state index contributed by atoms with van der Waals surface area (Å²) in [6, 6.07) is -0.927. The van der Waals surface area contributed by atoms with Gasteiger partial charge in [0, 0.05) is 6.04 Å². The third kappa shape index (κ3) is 3.94. The smallest absolute Gasteiger partial charge is 0.237 e. The van der Waals surface area contributed by atoms with Crippen molar-refractivity contribution in [2.75, 3.05) is 11.5 Å². The lowest BCUT2D eigenvalue weighted by Crippen LogP contribution is -2.49. The van der Waals surface area contributed by atoms with Crippen molar-refractivity contribution in [1.29, 1.82) is 0 Å². The van der Waals surface area contributed by atoms with Gasteiger partial charge in [-0.2, -0.15) is 0 Å². The zero-order valence-corrected chi connectivity index (χ0v) is 10.0. The molecular weight excluding hydrogens is 228 g/mol. The quantitative estimate of drug-likeness (QED) is 0.659. The molecule has 1 amide bonds. The van der Waals surface area contributed by atoms with Crippen LogP contribution in [0.4, 0.5) is 0 Å². The molecule has 0 saturated carbocycles. The monoisotopic (exact) mass is 246 g/mol. The second kappa shape index (κ2) is 5.45. The van der Waals surface area contributed by atoms with Crippen LogP contribution in [0.2, 0.25) is 0 Å². The molecule has 0 aromatic rings. The van der Waals surface area contributed by atoms with Crippen molar-refractivity contribution in [3.8, 4) is 0 Å². The Bertz CT molecular complexity index is 364. The van der Waals surface area contributed by atoms with Crippen LogP contribution in [0, 0.1) is 0 Å². The number of hydrogen-bond donors (Lipinski definition) is 2. The van der Waals surface area contributed by atoms with Crippen LogP contribution in [0.25, 0.3) is 0 Å². The fourth-order valence-electron chi connectivity index (χ4n) is 1.73. The molecule has 3 N–H and O–H groups in total. The van der Waals surface area contributed by atoms with Gasteiger partial charge in [-0.3, -0.25) is 4.79 Å². The van der Waals surface area contributed by atoms with Gasteiger partial charge in [0.2, 0.25) is 5.91 Å². The van der Waals surface area contributed by atoms with Gasteiger partial charge >= 0.3 is 0 Å². The molecule has 0 bridgehead atoms. The summed E-state index contributed by atoms with van der Waals surface area (Å²) in [5, 5.41) is 2.67. The summed E-state index contributed by atoms with van der Waals surface area (Å²) in [7, 11) is -2.99. The lowest BCUT2D eigenvalue weighted by Gasteiger charge is -2.24. The van der Waals surface area contributed by atoms with E-state index in [-0.39, 0.29) is 23.5 Å². The Kier molecular flexibility index (Phi) is 4.49. The minimum absolute atomic E-state index is 0.0273. The third-order valence-electron chi connectivity index (χ3n) is 2.57. The van der Waals surface area contributed by atoms with Gasteiger partial charge in [-0.05, 0) is 19.3 Å². The summed E-state index contributed by atoms with van der Waals surface area (Å²) in [5.41, 5.74) is 5.58. The van der Waals surface area contributed by atoms with Gasteiger partial charge in [0.25, 0.3) is 0 Å². The number of nitrogens with two attached hydrogens (primary N) is 1. The van der Waals surface area contributed by atoms with Gasteiger partial charge in [-0.15, -0.1) is 6.58 Å². The molecule has 1 saturated heterocycles. The molecular formula is C10H18N2O3S. The molecule has 1 aliphatic rings. The maximum Gasteiger partial charge on any atom is 0.237 e. The van der Waals surface area contributed by atoms with E-state index in [1.807, 2.05) is 0 Å². The molecule has 2 unspecified atom stereocenters. The largest absolute Gasteiger partial charge is 0.351 e. The fraction of sp³-hybridized carbons (Fsp3) is 0.700. The Hall–Kier alpha value is -0.880. The summed E-state index contributed by atoms with van der Waals surface area (Å²) < 4.78 is 22.7. The standard InChI is InChI=1S/C10H18N2O3S/c1-2-4-9(11)10(13)12-8-5-3-6-16(14,15)7-8/h2,8-9H,1,3-7,11H2,(H,12,13). The summed E-state index contributed by atoms with van der Waals surface area (Å²) in [5.74, 6) is -0.0561. The van der Waals surface area contributed by atoms with Gasteiger partial charge in [-0.1, -0.05) is 6.08 Å². The van der Waals surface area contributed by atoms with Crippen LogP contribution < -0.4 is 11.1 Å². The van der Waals surface area contributed by atoms with Crippen LogP contribution in [0.1, 0.15) is 19.3 Å². The van der Waals surface area contributed by atoms with Crippen LogP contribution in [-0.4, -0.2) is 37.9 Å². The molecule has 0 spiro atoms. The summed E-state index contributed by atoms with van der Waals surface area (Å²) in [4.78, 5) is 11.5. The first-order valence-electron chi connectivity index (χ1n) is 5.32. The van der Waals surface area contributed by atoms with Crippen LogP contribution in [-0.2, 0) is 14.6 Å². The lowest BCUT2D eigenvalue weighted by atomic mass is 10.1. The fourth-order valence-corrected chi connectivity index (χ4v) is 3.37. The van der Waals surface area contributed by atoms with Crippen molar-refractivity contribution in [1.82, 2.24) is 5.32 Å². The Balaban J connectivity index is 2.48. The van der Waals surface area contributed by atoms with Crippen molar-refractivity contribution in [2.24, 2.45) is 5.73 Å². The van der Waals surface area contributed by atoms with Crippen molar-refractivity contribution >= 4 is 15.7 Å². The van der Waals surface area contributed by atoms with E-state index in [4.69, 9.17) is 5.73 Å². The van der Waals surface area contributed by atoms with Gasteiger partial charge in [0.1, 0.15) is 0 Å². The maximum atomic E-state index is 11.5. The molecule has 2 atom stereocenters. The number of carbonyl (C=O) groups excluding carboxylic acids is 1. The number of hydrogen-bond acceptors (Lipinski definition) is 4. The molecule has 5 nitrogen and oxygen atoms in total. The second-order valence-electron chi connectivity index (χ2n) is 4.09. The molecule has 1 heterocycles. The molecule has 0 radical (unpaired) electrons. The van der Waals surface area contributed by atoms with Crippen LogP contribution >= 0.6 is 0 Å². The van der Waals surface area contributed by atoms with Crippen LogP contribution in [0.5, 0.6) is 0 Å². The van der Waals surface area contributed by atoms with Gasteiger partial charge in [0.15, 0.2) is 9.84 Å². The lowest BCUT2D eigenvalue weighted by molar-refractivity contribution is -0.122. The van der Waals surface area contributed by atoms with E-state index in [2.05, 4.69) is 11.9 Å². The Morgan fingerprint density at radius 3 is 2.88 bits per heavy atom. The zero-order chi connectivity index (χ0) is 12.2. The summed E-state index contributed by atoms with van der Waals surface area (Å²) >= 11 is 0. The first kappa shape index (κ1) is 13.2. The van der Waals surface area contributed by atoms with E-state index in [0.29, 0.717) is 19.3 Å². The molecule has 1 rings (SSSR count). The average Bonchev–Trinajstić information content (AvgIpc) is 2.16. The molecule has 0 aliphatic carbocycles. The van der Waals surface area contributed by atoms with E-state index in [9.17, 15) is 13.2 Å². The van der Waals surface area contributed by atoms with Gasteiger partial charge in [0.05, 0.1) is 17.5 Å². The minimum atomic E-state index is -2.99. The maximum absolute atomic E-state index is 11.5. The molecule has 1 fully saturated rings. The first-order valence-corrected chi connectivity index (χ1v) is 7.14. The number of amides is 1. The van der Waals surface area contributed by atoms with Crippen LogP contribution in [0.3, 0.4) is 0 Å². The predicted octanol–water partition coefficient (Wildman–Crippen LogP) is -0.417. The second-order valence-corrected chi connectivity index (χ2v) is 6.32. The van der Waals surface area contributed by atoms with Gasteiger partial charge in [-0.25, -0.2) is 8.42 Å².